The van der Waals surface area contributed by atoms with Gasteiger partial charge < -0.3 is 25.5 Å². The molecule has 3 amide bonds. The lowest BCUT2D eigenvalue weighted by molar-refractivity contribution is -0.496. The summed E-state index contributed by atoms with van der Waals surface area (Å²) in [6.07, 6.45) is 12.0. The van der Waals surface area contributed by atoms with Gasteiger partial charge >= 0.3 is 0 Å². The largest absolute Gasteiger partial charge is 0.350 e. The Kier molecular flexibility index (Phi) is 15.4. The number of ether oxygens (including phenoxy) is 1. The molecule has 1 aliphatic heterocycles. The van der Waals surface area contributed by atoms with Crippen molar-refractivity contribution in [2.75, 3.05) is 25.5 Å². The molecular weight excluding hydrogens is 592 g/mol. The summed E-state index contributed by atoms with van der Waals surface area (Å²) in [4.78, 5) is 60.6. The molecule has 0 bridgehead atoms. The molecule has 0 aromatic carbocycles. The van der Waals surface area contributed by atoms with Crippen LogP contribution in [0, 0.1) is 22.0 Å². The number of anilines is 1. The van der Waals surface area contributed by atoms with Crippen LogP contribution in [0.4, 0.5) is 5.13 Å². The molecule has 246 valence electrons. The molecule has 44 heavy (non-hydrogen) atoms. The van der Waals surface area contributed by atoms with Gasteiger partial charge in [-0.15, -0.1) is 11.3 Å². The Morgan fingerprint density at radius 2 is 2.00 bits per heavy atom. The standard InChI is InChI=1S/C28H46N8O7S/c1-3-10-24(35(20-37)43-25-14-7-8-17-42-25)22(19-21-11-5-4-6-12-21)26(38)30-23(27(39)31-28-29-15-18-44-28)13-9-16-34(2)32-33-36(40)41/h15,18,20-25H,3-14,16-17,19H2,1-2H3,(H,30,38)(H,29,31,39)/t22-,23+,24+,25?/m1/s1. The lowest BCUT2D eigenvalue weighted by Crippen LogP contribution is -2.52. The zero-order valence-electron chi connectivity index (χ0n) is 25.7. The average molecular weight is 639 g/mol. The van der Waals surface area contributed by atoms with Gasteiger partial charge in [0.1, 0.15) is 6.04 Å². The Hall–Kier alpha value is -3.24. The summed E-state index contributed by atoms with van der Waals surface area (Å²) in [5, 5.41) is 26.5. The van der Waals surface area contributed by atoms with Crippen LogP contribution in [-0.4, -0.2) is 76.9 Å². The third-order valence-corrected chi connectivity index (χ3v) is 8.73. The second-order valence-corrected chi connectivity index (χ2v) is 12.3. The van der Waals surface area contributed by atoms with Gasteiger partial charge in [0.15, 0.2) is 16.6 Å². The molecule has 3 rings (SSSR count). The van der Waals surface area contributed by atoms with E-state index in [1.807, 2.05) is 6.92 Å². The van der Waals surface area contributed by atoms with E-state index in [1.54, 1.807) is 11.6 Å². The highest BCUT2D eigenvalue weighted by Crippen LogP contribution is 2.33. The number of aromatic nitrogens is 1. The van der Waals surface area contributed by atoms with Gasteiger partial charge in [0.2, 0.25) is 23.4 Å². The van der Waals surface area contributed by atoms with E-state index in [1.165, 1.54) is 34.9 Å². The highest BCUT2D eigenvalue weighted by Gasteiger charge is 2.38. The summed E-state index contributed by atoms with van der Waals surface area (Å²) >= 11 is 1.26. The first-order chi connectivity index (χ1) is 21.3. The molecule has 0 spiro atoms. The fourth-order valence-electron chi connectivity index (χ4n) is 5.83. The van der Waals surface area contributed by atoms with E-state index in [0.29, 0.717) is 49.7 Å². The number of nitro groups is 1. The lowest BCUT2D eigenvalue weighted by atomic mass is 9.79. The number of carbonyl (C=O) groups is 3. The zero-order valence-corrected chi connectivity index (χ0v) is 26.5. The topological polar surface area (TPSA) is 181 Å². The molecular formula is C28H46N8O7S. The monoisotopic (exact) mass is 638 g/mol. The predicted octanol–water partition coefficient (Wildman–Crippen LogP) is 4.51. The van der Waals surface area contributed by atoms with E-state index in [9.17, 15) is 24.5 Å². The van der Waals surface area contributed by atoms with Crippen LogP contribution in [0.5, 0.6) is 0 Å². The Bertz CT molecular complexity index is 1050. The van der Waals surface area contributed by atoms with E-state index < -0.39 is 35.2 Å². The number of hydrogen-bond donors (Lipinski definition) is 2. The third kappa shape index (κ3) is 12.0. The highest BCUT2D eigenvalue weighted by molar-refractivity contribution is 7.13. The van der Waals surface area contributed by atoms with Crippen LogP contribution >= 0.6 is 11.3 Å². The van der Waals surface area contributed by atoms with Crippen molar-refractivity contribution in [2.24, 2.45) is 22.3 Å². The summed E-state index contributed by atoms with van der Waals surface area (Å²) in [6.45, 7) is 2.83. The SMILES string of the molecule is CCC[C@@H]([C@@H](CC1CCCCC1)C(=O)N[C@@H](CCCN(C)N=N[N+](=O)[O-])C(=O)Nc1nccs1)N(C=O)OC1CCCCO1. The molecule has 2 aliphatic rings. The average Bonchev–Trinajstić information content (AvgIpc) is 3.54. The summed E-state index contributed by atoms with van der Waals surface area (Å²) in [5.41, 5.74) is 0. The minimum absolute atomic E-state index is 0.236. The van der Waals surface area contributed by atoms with Gasteiger partial charge in [-0.25, -0.2) is 14.9 Å². The van der Waals surface area contributed by atoms with Crippen LogP contribution in [0.25, 0.3) is 0 Å². The summed E-state index contributed by atoms with van der Waals surface area (Å²) in [6, 6.07) is -1.46. The number of carbonyl (C=O) groups excluding carboxylic acids is 3. The van der Waals surface area contributed by atoms with Crippen LogP contribution in [0.1, 0.15) is 90.4 Å². The van der Waals surface area contributed by atoms with Gasteiger partial charge in [-0.05, 0) is 44.4 Å². The van der Waals surface area contributed by atoms with Gasteiger partial charge in [-0.3, -0.25) is 14.4 Å². The molecule has 0 radical (unpaired) electrons. The first-order valence-corrected chi connectivity index (χ1v) is 16.5. The zero-order chi connectivity index (χ0) is 31.7. The molecule has 2 N–H and O–H groups in total. The number of rotatable bonds is 19. The Labute approximate surface area is 262 Å². The highest BCUT2D eigenvalue weighted by atomic mass is 32.1. The van der Waals surface area contributed by atoms with Crippen molar-refractivity contribution in [3.05, 3.63) is 21.7 Å². The van der Waals surface area contributed by atoms with Crippen molar-refractivity contribution in [3.63, 3.8) is 0 Å². The van der Waals surface area contributed by atoms with E-state index in [-0.39, 0.29) is 18.9 Å². The molecule has 2 heterocycles. The normalized spacial score (nSPS) is 19.5. The quantitative estimate of drug-likeness (QED) is 0.0953. The van der Waals surface area contributed by atoms with Crippen molar-refractivity contribution >= 4 is 34.7 Å². The van der Waals surface area contributed by atoms with Gasteiger partial charge in [-0.2, -0.15) is 5.01 Å². The molecule has 1 aliphatic carbocycles. The van der Waals surface area contributed by atoms with Crippen molar-refractivity contribution < 1.29 is 29.0 Å². The molecule has 1 saturated heterocycles. The maximum absolute atomic E-state index is 14.2. The molecule has 4 atom stereocenters. The van der Waals surface area contributed by atoms with Gasteiger partial charge in [0.25, 0.3) is 0 Å². The lowest BCUT2D eigenvalue weighted by Gasteiger charge is -2.38. The van der Waals surface area contributed by atoms with Crippen LogP contribution in [-0.2, 0) is 24.0 Å². The van der Waals surface area contributed by atoms with Crippen molar-refractivity contribution in [3.8, 4) is 0 Å². The molecule has 15 nitrogen and oxygen atoms in total. The van der Waals surface area contributed by atoms with Gasteiger partial charge in [0.05, 0.1) is 23.5 Å². The van der Waals surface area contributed by atoms with Crippen LogP contribution in [0.2, 0.25) is 0 Å². The maximum atomic E-state index is 14.2. The molecule has 16 heteroatoms. The molecule has 1 aromatic rings. The Morgan fingerprint density at radius 1 is 1.23 bits per heavy atom. The summed E-state index contributed by atoms with van der Waals surface area (Å²) < 4.78 is 5.73. The number of hydrogen-bond acceptors (Lipinski definition) is 10. The molecule has 1 aromatic heterocycles. The number of nitrogens with one attached hydrogen (secondary N) is 2. The second-order valence-electron chi connectivity index (χ2n) is 11.4. The summed E-state index contributed by atoms with van der Waals surface area (Å²) in [5.74, 6) is -1.04. The van der Waals surface area contributed by atoms with E-state index in [4.69, 9.17) is 9.57 Å². The van der Waals surface area contributed by atoms with E-state index in [0.717, 1.165) is 44.9 Å². The number of hydroxylamine groups is 2. The van der Waals surface area contributed by atoms with Gasteiger partial charge in [0, 0.05) is 31.7 Å². The summed E-state index contributed by atoms with van der Waals surface area (Å²) in [7, 11) is 1.54. The molecule has 1 unspecified atom stereocenters. The first kappa shape index (κ1) is 35.2. The smallest absolute Gasteiger partial charge is 0.248 e. The predicted molar refractivity (Wildman–Crippen MR) is 162 cm³/mol. The van der Waals surface area contributed by atoms with Gasteiger partial charge in [-0.1, -0.05) is 45.4 Å². The Balaban J connectivity index is 1.81. The van der Waals surface area contributed by atoms with Crippen molar-refractivity contribution in [1.82, 2.24) is 20.4 Å². The number of amides is 3. The van der Waals surface area contributed by atoms with Crippen molar-refractivity contribution in [2.45, 2.75) is 109 Å². The molecule has 2 fully saturated rings. The maximum Gasteiger partial charge on any atom is 0.248 e. The first-order valence-electron chi connectivity index (χ1n) is 15.6. The van der Waals surface area contributed by atoms with E-state index in [2.05, 4.69) is 26.1 Å². The van der Waals surface area contributed by atoms with Crippen LogP contribution in [0.3, 0.4) is 0 Å². The minimum atomic E-state index is -0.921. The van der Waals surface area contributed by atoms with Crippen LogP contribution in [0.15, 0.2) is 22.0 Å². The molecule has 1 saturated carbocycles. The second kappa shape index (κ2) is 19.2. The number of nitrogens with zero attached hydrogens (tertiary/aromatic N) is 6. The minimum Gasteiger partial charge on any atom is -0.350 e. The van der Waals surface area contributed by atoms with Crippen LogP contribution < -0.4 is 10.6 Å². The fourth-order valence-corrected chi connectivity index (χ4v) is 6.36. The fraction of sp³-hybridized carbons (Fsp3) is 0.786. The third-order valence-electron chi connectivity index (χ3n) is 8.04. The van der Waals surface area contributed by atoms with E-state index >= 15 is 0 Å². The number of thiazole rings is 1. The Morgan fingerprint density at radius 3 is 2.64 bits per heavy atom. The van der Waals surface area contributed by atoms with Crippen molar-refractivity contribution in [1.29, 1.82) is 0 Å².